The Kier molecular flexibility index (Phi) is 4.49. The molecule has 1 amide bonds. The van der Waals surface area contributed by atoms with Crippen LogP contribution in [0, 0.1) is 0 Å². The maximum Gasteiger partial charge on any atom is 0.308 e. The average Bonchev–Trinajstić information content (AvgIpc) is 3.31. The Morgan fingerprint density at radius 2 is 2.00 bits per heavy atom. The van der Waals surface area contributed by atoms with Crippen LogP contribution in [-0.4, -0.2) is 67.2 Å². The molecule has 0 saturated carbocycles. The Hall–Kier alpha value is -2.65. The van der Waals surface area contributed by atoms with Gasteiger partial charge in [-0.1, -0.05) is 0 Å². The minimum atomic E-state index is -0.382. The van der Waals surface area contributed by atoms with E-state index in [1.165, 1.54) is 0 Å². The molecular formula is C16H18N4O5. The largest absolute Gasteiger partial charge is 0.454 e. The number of nitrogens with zero attached hydrogens (tertiary/aromatic N) is 3. The van der Waals surface area contributed by atoms with Crippen molar-refractivity contribution in [2.75, 3.05) is 46.2 Å². The summed E-state index contributed by atoms with van der Waals surface area (Å²) in [5, 5.41) is 10.5. The second kappa shape index (κ2) is 7.08. The van der Waals surface area contributed by atoms with E-state index in [4.69, 9.17) is 18.6 Å². The highest BCUT2D eigenvalue weighted by Crippen LogP contribution is 2.35. The molecule has 0 unspecified atom stereocenters. The zero-order valence-corrected chi connectivity index (χ0v) is 13.6. The number of carbonyl (C=O) groups excluding carboxylic acids is 1. The first-order valence-electron chi connectivity index (χ1n) is 8.11. The normalized spacial score (nSPS) is 16.8. The van der Waals surface area contributed by atoms with Crippen molar-refractivity contribution < 1.29 is 23.4 Å². The van der Waals surface area contributed by atoms with E-state index < -0.39 is 0 Å². The third kappa shape index (κ3) is 3.57. The summed E-state index contributed by atoms with van der Waals surface area (Å²) in [6.45, 7) is 4.70. The van der Waals surface area contributed by atoms with Crippen LogP contribution in [0.15, 0.2) is 22.6 Å². The number of carbonyl (C=O) groups is 1. The minimum absolute atomic E-state index is 0.0605. The second-order valence-electron chi connectivity index (χ2n) is 5.69. The van der Waals surface area contributed by atoms with E-state index in [1.54, 1.807) is 18.2 Å². The van der Waals surface area contributed by atoms with Gasteiger partial charge in [0, 0.05) is 31.7 Å². The molecule has 0 aliphatic carbocycles. The van der Waals surface area contributed by atoms with Crippen LogP contribution >= 0.6 is 0 Å². The van der Waals surface area contributed by atoms with Gasteiger partial charge >= 0.3 is 11.8 Å². The van der Waals surface area contributed by atoms with Gasteiger partial charge < -0.3 is 23.9 Å². The lowest BCUT2D eigenvalue weighted by Gasteiger charge is -2.26. The Balaban J connectivity index is 1.34. The summed E-state index contributed by atoms with van der Waals surface area (Å²) in [4.78, 5) is 14.4. The van der Waals surface area contributed by atoms with E-state index in [9.17, 15) is 4.79 Å². The Bertz CT molecular complexity index is 757. The van der Waals surface area contributed by atoms with Gasteiger partial charge in [0.05, 0.1) is 13.2 Å². The van der Waals surface area contributed by atoms with Gasteiger partial charge in [-0.3, -0.25) is 9.69 Å². The highest BCUT2D eigenvalue weighted by molar-refractivity contribution is 5.89. The zero-order chi connectivity index (χ0) is 17.1. The van der Waals surface area contributed by atoms with Crippen LogP contribution in [0.4, 0.5) is 0 Å². The first kappa shape index (κ1) is 15.9. The number of hydrogen-bond donors (Lipinski definition) is 1. The number of hydrogen-bond acceptors (Lipinski definition) is 8. The molecule has 2 aliphatic rings. The molecule has 0 spiro atoms. The SMILES string of the molecule is O=C(NCCN1CCOCC1)c1nnc(-c2ccc3c(c2)OCO3)o1. The van der Waals surface area contributed by atoms with Crippen molar-refractivity contribution in [1.29, 1.82) is 0 Å². The van der Waals surface area contributed by atoms with E-state index in [-0.39, 0.29) is 24.5 Å². The number of aromatic nitrogens is 2. The summed E-state index contributed by atoms with van der Waals surface area (Å²) < 4.78 is 21.3. The lowest BCUT2D eigenvalue weighted by Crippen LogP contribution is -2.41. The molecule has 2 aliphatic heterocycles. The molecule has 2 aromatic rings. The quantitative estimate of drug-likeness (QED) is 0.837. The van der Waals surface area contributed by atoms with Crippen LogP contribution < -0.4 is 14.8 Å². The van der Waals surface area contributed by atoms with E-state index in [0.717, 1.165) is 32.8 Å². The molecule has 1 N–H and O–H groups in total. The minimum Gasteiger partial charge on any atom is -0.454 e. The predicted molar refractivity (Wildman–Crippen MR) is 85.4 cm³/mol. The number of benzene rings is 1. The third-order valence-corrected chi connectivity index (χ3v) is 4.06. The molecule has 132 valence electrons. The maximum absolute atomic E-state index is 12.1. The van der Waals surface area contributed by atoms with E-state index in [2.05, 4.69) is 20.4 Å². The summed E-state index contributed by atoms with van der Waals surface area (Å²) in [5.74, 6) is 1.11. The maximum atomic E-state index is 12.1. The standard InChI is InChI=1S/C16H18N4O5/c21-14(17-3-4-20-5-7-22-8-6-20)16-19-18-15(25-16)11-1-2-12-13(9-11)24-10-23-12/h1-2,9H,3-8,10H2,(H,17,21). The lowest BCUT2D eigenvalue weighted by molar-refractivity contribution is 0.0382. The Labute approximate surface area is 143 Å². The molecule has 1 fully saturated rings. The molecule has 0 bridgehead atoms. The van der Waals surface area contributed by atoms with Crippen LogP contribution in [0.2, 0.25) is 0 Å². The van der Waals surface area contributed by atoms with Crippen molar-refractivity contribution in [2.45, 2.75) is 0 Å². The molecule has 9 nitrogen and oxygen atoms in total. The molecule has 4 rings (SSSR count). The number of fused-ring (bicyclic) bond motifs is 1. The average molecular weight is 346 g/mol. The van der Waals surface area contributed by atoms with Gasteiger partial charge in [0.1, 0.15) is 0 Å². The van der Waals surface area contributed by atoms with Crippen LogP contribution in [0.5, 0.6) is 11.5 Å². The fourth-order valence-electron chi connectivity index (χ4n) is 2.69. The molecule has 25 heavy (non-hydrogen) atoms. The number of morpholine rings is 1. The first-order valence-corrected chi connectivity index (χ1v) is 8.11. The predicted octanol–water partition coefficient (Wildman–Crippen LogP) is 0.527. The van der Waals surface area contributed by atoms with Crippen LogP contribution in [0.25, 0.3) is 11.5 Å². The molecule has 9 heteroatoms. The van der Waals surface area contributed by atoms with Gasteiger partial charge in [0.15, 0.2) is 11.5 Å². The summed E-state index contributed by atoms with van der Waals surface area (Å²) >= 11 is 0. The number of ether oxygens (including phenoxy) is 3. The molecular weight excluding hydrogens is 328 g/mol. The van der Waals surface area contributed by atoms with Crippen molar-refractivity contribution in [3.05, 3.63) is 24.1 Å². The van der Waals surface area contributed by atoms with Gasteiger partial charge in [-0.25, -0.2) is 0 Å². The van der Waals surface area contributed by atoms with Gasteiger partial charge in [0.2, 0.25) is 12.7 Å². The first-order chi connectivity index (χ1) is 12.3. The van der Waals surface area contributed by atoms with Crippen LogP contribution in [0.1, 0.15) is 10.7 Å². The van der Waals surface area contributed by atoms with Gasteiger partial charge in [-0.15, -0.1) is 10.2 Å². The fraction of sp³-hybridized carbons (Fsp3) is 0.438. The van der Waals surface area contributed by atoms with Gasteiger partial charge in [0.25, 0.3) is 0 Å². The second-order valence-corrected chi connectivity index (χ2v) is 5.69. The topological polar surface area (TPSA) is 99.0 Å². The van der Waals surface area contributed by atoms with Crippen LogP contribution in [0.3, 0.4) is 0 Å². The molecule has 0 atom stereocenters. The van der Waals surface area contributed by atoms with Crippen molar-refractivity contribution in [3.63, 3.8) is 0 Å². The molecule has 0 radical (unpaired) electrons. The van der Waals surface area contributed by atoms with Crippen molar-refractivity contribution in [2.24, 2.45) is 0 Å². The molecule has 1 aromatic heterocycles. The van der Waals surface area contributed by atoms with E-state index in [1.807, 2.05) is 0 Å². The lowest BCUT2D eigenvalue weighted by atomic mass is 10.2. The highest BCUT2D eigenvalue weighted by Gasteiger charge is 2.19. The van der Waals surface area contributed by atoms with Crippen molar-refractivity contribution >= 4 is 5.91 Å². The third-order valence-electron chi connectivity index (χ3n) is 4.06. The monoisotopic (exact) mass is 346 g/mol. The molecule has 1 aromatic carbocycles. The molecule has 3 heterocycles. The van der Waals surface area contributed by atoms with E-state index in [0.29, 0.717) is 23.6 Å². The Morgan fingerprint density at radius 3 is 2.88 bits per heavy atom. The van der Waals surface area contributed by atoms with Gasteiger partial charge in [-0.05, 0) is 18.2 Å². The number of rotatable bonds is 5. The fourth-order valence-corrected chi connectivity index (χ4v) is 2.69. The summed E-state index contributed by atoms with van der Waals surface area (Å²) in [5.41, 5.74) is 0.670. The van der Waals surface area contributed by atoms with Crippen molar-refractivity contribution in [1.82, 2.24) is 20.4 Å². The highest BCUT2D eigenvalue weighted by atomic mass is 16.7. The summed E-state index contributed by atoms with van der Waals surface area (Å²) in [6, 6.07) is 5.29. The Morgan fingerprint density at radius 1 is 1.16 bits per heavy atom. The number of nitrogens with one attached hydrogen (secondary N) is 1. The number of amides is 1. The summed E-state index contributed by atoms with van der Waals surface area (Å²) in [6.07, 6.45) is 0. The van der Waals surface area contributed by atoms with E-state index >= 15 is 0 Å². The summed E-state index contributed by atoms with van der Waals surface area (Å²) in [7, 11) is 0. The molecule has 1 saturated heterocycles. The smallest absolute Gasteiger partial charge is 0.308 e. The van der Waals surface area contributed by atoms with Gasteiger partial charge in [-0.2, -0.15) is 0 Å². The van der Waals surface area contributed by atoms with Crippen LogP contribution in [-0.2, 0) is 4.74 Å². The van der Waals surface area contributed by atoms with Crippen molar-refractivity contribution in [3.8, 4) is 23.0 Å². The zero-order valence-electron chi connectivity index (χ0n) is 13.6.